The van der Waals surface area contributed by atoms with E-state index in [1.54, 1.807) is 13.1 Å². The molecule has 0 atom stereocenters. The van der Waals surface area contributed by atoms with Gasteiger partial charge in [0.25, 0.3) is 5.91 Å². The van der Waals surface area contributed by atoms with E-state index in [-0.39, 0.29) is 5.91 Å². The molecule has 0 fully saturated rings. The van der Waals surface area contributed by atoms with Crippen LogP contribution in [-0.2, 0) is 13.0 Å². The van der Waals surface area contributed by atoms with Crippen molar-refractivity contribution >= 4 is 11.7 Å². The van der Waals surface area contributed by atoms with Gasteiger partial charge in [0.05, 0.1) is 0 Å². The van der Waals surface area contributed by atoms with Crippen LogP contribution in [0.4, 0.5) is 5.82 Å². The number of hydrogen-bond donors (Lipinski definition) is 2. The highest BCUT2D eigenvalue weighted by molar-refractivity contribution is 5.95. The number of hydrogen-bond acceptors (Lipinski definition) is 3. The molecule has 1 heterocycles. The molecule has 0 radical (unpaired) electrons. The van der Waals surface area contributed by atoms with Crippen molar-refractivity contribution in [1.29, 1.82) is 0 Å². The van der Waals surface area contributed by atoms with Gasteiger partial charge in [0.15, 0.2) is 0 Å². The third kappa shape index (κ3) is 3.81. The lowest BCUT2D eigenvalue weighted by Gasteiger charge is -2.10. The molecule has 0 saturated heterocycles. The van der Waals surface area contributed by atoms with Crippen molar-refractivity contribution in [2.24, 2.45) is 0 Å². The molecule has 2 N–H and O–H groups in total. The van der Waals surface area contributed by atoms with Crippen molar-refractivity contribution in [2.75, 3.05) is 12.4 Å². The molecule has 1 aromatic heterocycles. The summed E-state index contributed by atoms with van der Waals surface area (Å²) in [6.45, 7) is 4.60. The molecule has 1 amide bonds. The number of amides is 1. The first-order chi connectivity index (χ1) is 10.1. The van der Waals surface area contributed by atoms with Gasteiger partial charge in [0.1, 0.15) is 5.82 Å². The molecule has 0 spiro atoms. The molecule has 4 nitrogen and oxygen atoms in total. The van der Waals surface area contributed by atoms with E-state index in [1.807, 2.05) is 44.2 Å². The van der Waals surface area contributed by atoms with E-state index in [1.165, 1.54) is 5.56 Å². The maximum absolute atomic E-state index is 12.3. The maximum Gasteiger partial charge on any atom is 0.251 e. The molecular weight excluding hydrogens is 262 g/mol. The van der Waals surface area contributed by atoms with E-state index in [2.05, 4.69) is 15.6 Å². The van der Waals surface area contributed by atoms with Crippen LogP contribution in [0.25, 0.3) is 0 Å². The smallest absolute Gasteiger partial charge is 0.251 e. The van der Waals surface area contributed by atoms with Crippen LogP contribution in [0.3, 0.4) is 0 Å². The summed E-state index contributed by atoms with van der Waals surface area (Å²) in [5.41, 5.74) is 3.85. The fourth-order valence-electron chi connectivity index (χ4n) is 2.11. The molecule has 0 aliphatic carbocycles. The first-order valence-corrected chi connectivity index (χ1v) is 7.15. The first-order valence-electron chi connectivity index (χ1n) is 7.15. The molecule has 0 saturated carbocycles. The first kappa shape index (κ1) is 15.0. The summed E-state index contributed by atoms with van der Waals surface area (Å²) in [5.74, 6) is 0.641. The second-order valence-corrected chi connectivity index (χ2v) is 4.95. The fourth-order valence-corrected chi connectivity index (χ4v) is 2.11. The molecule has 0 unspecified atom stereocenters. The predicted molar refractivity (Wildman–Crippen MR) is 85.5 cm³/mol. The number of carbonyl (C=O) groups is 1. The summed E-state index contributed by atoms with van der Waals surface area (Å²) >= 11 is 0. The van der Waals surface area contributed by atoms with Gasteiger partial charge < -0.3 is 10.6 Å². The number of carbonyl (C=O) groups excluding carboxylic acids is 1. The summed E-state index contributed by atoms with van der Waals surface area (Å²) in [4.78, 5) is 16.7. The number of benzene rings is 1. The number of pyridine rings is 1. The maximum atomic E-state index is 12.3. The average molecular weight is 283 g/mol. The quantitative estimate of drug-likeness (QED) is 0.887. The molecule has 0 bridgehead atoms. The van der Waals surface area contributed by atoms with Crippen molar-refractivity contribution in [1.82, 2.24) is 10.3 Å². The van der Waals surface area contributed by atoms with E-state index in [9.17, 15) is 4.79 Å². The van der Waals surface area contributed by atoms with Crippen LogP contribution in [0.15, 0.2) is 36.4 Å². The lowest BCUT2D eigenvalue weighted by Crippen LogP contribution is -2.23. The average Bonchev–Trinajstić information content (AvgIpc) is 2.53. The number of aromatic nitrogens is 1. The Balaban J connectivity index is 2.11. The van der Waals surface area contributed by atoms with Crippen molar-refractivity contribution in [3.8, 4) is 0 Å². The minimum Gasteiger partial charge on any atom is -0.373 e. The van der Waals surface area contributed by atoms with Gasteiger partial charge in [-0.15, -0.1) is 0 Å². The Morgan fingerprint density at radius 1 is 1.24 bits per heavy atom. The van der Waals surface area contributed by atoms with Crippen LogP contribution < -0.4 is 10.6 Å². The highest BCUT2D eigenvalue weighted by Crippen LogP contribution is 2.12. The summed E-state index contributed by atoms with van der Waals surface area (Å²) in [6.07, 6.45) is 0.799. The molecule has 2 rings (SSSR count). The SMILES string of the molecule is CCc1cc(C(=O)NCc2ccccc2C)cc(NC)n1. The second-order valence-electron chi connectivity index (χ2n) is 4.95. The standard InChI is InChI=1S/C17H21N3O/c1-4-15-9-14(10-16(18-3)20-15)17(21)19-11-13-8-6-5-7-12(13)2/h5-10H,4,11H2,1-3H3,(H,18,20)(H,19,21). The van der Waals surface area contributed by atoms with Gasteiger partial charge >= 0.3 is 0 Å². The number of aryl methyl sites for hydroxylation is 2. The van der Waals surface area contributed by atoms with E-state index in [4.69, 9.17) is 0 Å². The monoisotopic (exact) mass is 283 g/mol. The molecule has 4 heteroatoms. The van der Waals surface area contributed by atoms with Crippen LogP contribution >= 0.6 is 0 Å². The fraction of sp³-hybridized carbons (Fsp3) is 0.294. The molecule has 0 aliphatic heterocycles. The number of rotatable bonds is 5. The Morgan fingerprint density at radius 2 is 2.00 bits per heavy atom. The number of nitrogens with zero attached hydrogens (tertiary/aromatic N) is 1. The van der Waals surface area contributed by atoms with Gasteiger partial charge in [0, 0.05) is 24.8 Å². The van der Waals surface area contributed by atoms with E-state index in [0.717, 1.165) is 23.5 Å². The lowest BCUT2D eigenvalue weighted by atomic mass is 10.1. The van der Waals surface area contributed by atoms with Gasteiger partial charge in [-0.2, -0.15) is 0 Å². The predicted octanol–water partition coefficient (Wildman–Crippen LogP) is 2.92. The lowest BCUT2D eigenvalue weighted by molar-refractivity contribution is 0.0950. The minimum absolute atomic E-state index is 0.0770. The molecule has 2 aromatic rings. The minimum atomic E-state index is -0.0770. The Hall–Kier alpha value is -2.36. The van der Waals surface area contributed by atoms with E-state index < -0.39 is 0 Å². The Morgan fingerprint density at radius 3 is 2.67 bits per heavy atom. The van der Waals surface area contributed by atoms with Crippen molar-refractivity contribution in [3.05, 3.63) is 58.8 Å². The van der Waals surface area contributed by atoms with E-state index >= 15 is 0 Å². The van der Waals surface area contributed by atoms with Crippen molar-refractivity contribution in [3.63, 3.8) is 0 Å². The Kier molecular flexibility index (Phi) is 4.93. The summed E-state index contributed by atoms with van der Waals surface area (Å²) in [5, 5.41) is 5.95. The Bertz CT molecular complexity index is 615. The molecule has 0 aliphatic rings. The van der Waals surface area contributed by atoms with E-state index in [0.29, 0.717) is 12.1 Å². The zero-order chi connectivity index (χ0) is 15.2. The number of nitrogens with one attached hydrogen (secondary N) is 2. The zero-order valence-electron chi connectivity index (χ0n) is 12.7. The second kappa shape index (κ2) is 6.88. The third-order valence-corrected chi connectivity index (χ3v) is 3.46. The largest absolute Gasteiger partial charge is 0.373 e. The summed E-state index contributed by atoms with van der Waals surface area (Å²) in [6, 6.07) is 11.7. The molecule has 21 heavy (non-hydrogen) atoms. The van der Waals surface area contributed by atoms with Crippen LogP contribution in [0.5, 0.6) is 0 Å². The van der Waals surface area contributed by atoms with Crippen LogP contribution in [0.2, 0.25) is 0 Å². The topological polar surface area (TPSA) is 54.0 Å². The van der Waals surface area contributed by atoms with Gasteiger partial charge in [0.2, 0.25) is 0 Å². The van der Waals surface area contributed by atoms with Gasteiger partial charge in [-0.3, -0.25) is 4.79 Å². The highest BCUT2D eigenvalue weighted by atomic mass is 16.1. The zero-order valence-corrected chi connectivity index (χ0v) is 12.7. The third-order valence-electron chi connectivity index (χ3n) is 3.46. The molecular formula is C17H21N3O. The summed E-state index contributed by atoms with van der Waals surface area (Å²) in [7, 11) is 1.80. The van der Waals surface area contributed by atoms with Crippen LogP contribution in [0, 0.1) is 6.92 Å². The Labute approximate surface area is 125 Å². The highest BCUT2D eigenvalue weighted by Gasteiger charge is 2.09. The number of anilines is 1. The molecule has 110 valence electrons. The summed E-state index contributed by atoms with van der Waals surface area (Å²) < 4.78 is 0. The van der Waals surface area contributed by atoms with Gasteiger partial charge in [-0.1, -0.05) is 31.2 Å². The van der Waals surface area contributed by atoms with Crippen molar-refractivity contribution in [2.45, 2.75) is 26.8 Å². The normalized spacial score (nSPS) is 10.2. The van der Waals surface area contributed by atoms with Gasteiger partial charge in [-0.05, 0) is 36.6 Å². The molecule has 1 aromatic carbocycles. The van der Waals surface area contributed by atoms with Crippen LogP contribution in [-0.4, -0.2) is 17.9 Å². The van der Waals surface area contributed by atoms with Crippen LogP contribution in [0.1, 0.15) is 34.1 Å². The van der Waals surface area contributed by atoms with Crippen molar-refractivity contribution < 1.29 is 4.79 Å². The van der Waals surface area contributed by atoms with Gasteiger partial charge in [-0.25, -0.2) is 4.98 Å².